The zero-order chi connectivity index (χ0) is 27.7. The Balaban J connectivity index is 1.20. The van der Waals surface area contributed by atoms with Crippen LogP contribution in [-0.4, -0.2) is 9.13 Å². The normalized spacial score (nSPS) is 12.5. The van der Waals surface area contributed by atoms with Crippen LogP contribution in [0, 0.1) is 0 Å². The Morgan fingerprint density at radius 2 is 1.17 bits per heavy atom. The number of hydrogen-bond donors (Lipinski definition) is 0. The van der Waals surface area contributed by atoms with Gasteiger partial charge in [-0.05, 0) is 59.7 Å². The second kappa shape index (κ2) is 7.81. The lowest BCUT2D eigenvalue weighted by Crippen LogP contribution is -1.88. The van der Waals surface area contributed by atoms with E-state index < -0.39 is 0 Å². The molecular formula is C38H24N2OS. The minimum atomic E-state index is 0.934. The van der Waals surface area contributed by atoms with Gasteiger partial charge in [0.2, 0.25) is 0 Å². The minimum Gasteiger partial charge on any atom is -0.456 e. The maximum atomic E-state index is 6.26. The lowest BCUT2D eigenvalue weighted by molar-refractivity contribution is 0.669. The molecule has 0 amide bonds. The van der Waals surface area contributed by atoms with Gasteiger partial charge >= 0.3 is 0 Å². The zero-order valence-electron chi connectivity index (χ0n) is 23.1. The van der Waals surface area contributed by atoms with Gasteiger partial charge in [-0.3, -0.25) is 0 Å². The van der Waals surface area contributed by atoms with Crippen molar-refractivity contribution >= 4 is 97.1 Å². The summed E-state index contributed by atoms with van der Waals surface area (Å²) in [6.07, 6.45) is 0. The summed E-state index contributed by atoms with van der Waals surface area (Å²) in [4.78, 5) is 0. The molecule has 10 aromatic rings. The molecule has 198 valence electrons. The summed E-state index contributed by atoms with van der Waals surface area (Å²) in [5, 5.41) is 10.2. The molecule has 3 nitrogen and oxygen atoms in total. The predicted octanol–water partition coefficient (Wildman–Crippen LogP) is 10.9. The standard InChI is InChI=1S/C38H24N2OS/c1-39-30-15-12-21(17-27(30)28-20-35-29(19-33(28)39)23-7-3-5-9-34(23)41-35)22-11-13-26-32(18-22)40(2)31-16-14-25-24-8-4-6-10-36(24)42-38(25)37(26)31/h3-20H,1-2H3. The third kappa shape index (κ3) is 2.80. The van der Waals surface area contributed by atoms with Crippen molar-refractivity contribution in [1.82, 2.24) is 9.13 Å². The fraction of sp³-hybridized carbons (Fsp3) is 0.0526. The highest BCUT2D eigenvalue weighted by Crippen LogP contribution is 2.43. The predicted molar refractivity (Wildman–Crippen MR) is 180 cm³/mol. The van der Waals surface area contributed by atoms with E-state index in [-0.39, 0.29) is 0 Å². The van der Waals surface area contributed by atoms with Crippen LogP contribution in [0.1, 0.15) is 0 Å². The van der Waals surface area contributed by atoms with Crippen molar-refractivity contribution in [3.63, 3.8) is 0 Å². The van der Waals surface area contributed by atoms with Crippen LogP contribution < -0.4 is 0 Å². The largest absolute Gasteiger partial charge is 0.456 e. The molecule has 0 aliphatic rings. The molecule has 4 aromatic heterocycles. The minimum absolute atomic E-state index is 0.934. The number of hydrogen-bond acceptors (Lipinski definition) is 2. The van der Waals surface area contributed by atoms with Gasteiger partial charge in [0.15, 0.2) is 0 Å². The van der Waals surface area contributed by atoms with Gasteiger partial charge in [0.25, 0.3) is 0 Å². The van der Waals surface area contributed by atoms with E-state index in [1.54, 1.807) is 0 Å². The van der Waals surface area contributed by atoms with Crippen LogP contribution >= 0.6 is 11.3 Å². The Hall–Kier alpha value is -5.06. The highest BCUT2D eigenvalue weighted by atomic mass is 32.1. The van der Waals surface area contributed by atoms with Gasteiger partial charge in [0.1, 0.15) is 11.2 Å². The van der Waals surface area contributed by atoms with E-state index in [1.807, 2.05) is 23.5 Å². The van der Waals surface area contributed by atoms with Crippen molar-refractivity contribution in [3.05, 3.63) is 109 Å². The molecule has 0 spiro atoms. The molecule has 0 saturated carbocycles. The van der Waals surface area contributed by atoms with Crippen molar-refractivity contribution in [2.45, 2.75) is 0 Å². The van der Waals surface area contributed by atoms with Gasteiger partial charge in [-0.15, -0.1) is 11.3 Å². The highest BCUT2D eigenvalue weighted by Gasteiger charge is 2.17. The molecule has 4 heterocycles. The molecule has 0 fully saturated rings. The Kier molecular flexibility index (Phi) is 4.21. The van der Waals surface area contributed by atoms with E-state index in [0.29, 0.717) is 0 Å². The molecule has 0 N–H and O–H groups in total. The van der Waals surface area contributed by atoms with Gasteiger partial charge < -0.3 is 13.6 Å². The summed E-state index contributed by atoms with van der Waals surface area (Å²) >= 11 is 1.90. The Morgan fingerprint density at radius 3 is 2.10 bits per heavy atom. The summed E-state index contributed by atoms with van der Waals surface area (Å²) in [5.41, 5.74) is 9.30. The van der Waals surface area contributed by atoms with Crippen molar-refractivity contribution < 1.29 is 4.42 Å². The Morgan fingerprint density at radius 1 is 0.476 bits per heavy atom. The molecule has 0 radical (unpaired) electrons. The zero-order valence-corrected chi connectivity index (χ0v) is 23.9. The number of rotatable bonds is 1. The van der Waals surface area contributed by atoms with Crippen molar-refractivity contribution in [2.24, 2.45) is 14.1 Å². The van der Waals surface area contributed by atoms with Crippen LogP contribution in [0.3, 0.4) is 0 Å². The monoisotopic (exact) mass is 556 g/mol. The molecule has 0 aliphatic carbocycles. The average molecular weight is 557 g/mol. The van der Waals surface area contributed by atoms with Crippen LogP contribution in [0.25, 0.3) is 96.8 Å². The Bertz CT molecular complexity index is 2770. The molecular weight excluding hydrogens is 532 g/mol. The Labute approximate surface area is 244 Å². The van der Waals surface area contributed by atoms with Crippen LogP contribution in [-0.2, 0) is 14.1 Å². The van der Waals surface area contributed by atoms with Gasteiger partial charge in [0, 0.05) is 83.1 Å². The van der Waals surface area contributed by atoms with Crippen LogP contribution in [0.4, 0.5) is 0 Å². The van der Waals surface area contributed by atoms with E-state index in [4.69, 9.17) is 4.42 Å². The van der Waals surface area contributed by atoms with Crippen LogP contribution in [0.5, 0.6) is 0 Å². The second-order valence-corrected chi connectivity index (χ2v) is 12.5. The van der Waals surface area contributed by atoms with Crippen LogP contribution in [0.2, 0.25) is 0 Å². The second-order valence-electron chi connectivity index (χ2n) is 11.5. The summed E-state index contributed by atoms with van der Waals surface area (Å²) < 4.78 is 13.6. The van der Waals surface area contributed by atoms with Crippen molar-refractivity contribution in [3.8, 4) is 11.1 Å². The fourth-order valence-corrected chi connectivity index (χ4v) is 8.51. The number of aromatic nitrogens is 2. The number of para-hydroxylation sites is 1. The number of aryl methyl sites for hydroxylation is 2. The number of fused-ring (bicyclic) bond motifs is 13. The summed E-state index contributed by atoms with van der Waals surface area (Å²) in [7, 11) is 4.36. The van der Waals surface area contributed by atoms with E-state index in [2.05, 4.69) is 120 Å². The van der Waals surface area contributed by atoms with E-state index in [1.165, 1.54) is 74.9 Å². The summed E-state index contributed by atoms with van der Waals surface area (Å²) in [6.45, 7) is 0. The fourth-order valence-electron chi connectivity index (χ4n) is 7.25. The molecule has 4 heteroatoms. The first kappa shape index (κ1) is 22.6. The molecule has 42 heavy (non-hydrogen) atoms. The number of nitrogens with zero attached hydrogens (tertiary/aromatic N) is 2. The van der Waals surface area contributed by atoms with Crippen LogP contribution in [0.15, 0.2) is 114 Å². The molecule has 0 bridgehead atoms. The number of benzene rings is 6. The first-order valence-corrected chi connectivity index (χ1v) is 15.1. The average Bonchev–Trinajstić information content (AvgIpc) is 3.74. The molecule has 0 aliphatic heterocycles. The molecule has 0 unspecified atom stereocenters. The van der Waals surface area contributed by atoms with Gasteiger partial charge in [-0.25, -0.2) is 0 Å². The quantitative estimate of drug-likeness (QED) is 0.197. The first-order valence-electron chi connectivity index (χ1n) is 14.3. The maximum absolute atomic E-state index is 6.26. The third-order valence-corrected chi connectivity index (χ3v) is 10.6. The SMILES string of the molecule is Cn1c2ccc(-c3ccc4c5c6sc7ccccc7c6ccc5n(C)c4c3)cc2c2cc3oc4ccccc4c3cc21. The molecule has 0 atom stereocenters. The summed E-state index contributed by atoms with van der Waals surface area (Å²) in [5.74, 6) is 0. The summed E-state index contributed by atoms with van der Waals surface area (Å²) in [6, 6.07) is 40.0. The van der Waals surface area contributed by atoms with E-state index in [9.17, 15) is 0 Å². The topological polar surface area (TPSA) is 23.0 Å². The van der Waals surface area contributed by atoms with Gasteiger partial charge in [0.05, 0.1) is 5.52 Å². The first-order chi connectivity index (χ1) is 20.6. The highest BCUT2D eigenvalue weighted by molar-refractivity contribution is 7.26. The lowest BCUT2D eigenvalue weighted by atomic mass is 10.0. The number of thiophene rings is 1. The lowest BCUT2D eigenvalue weighted by Gasteiger charge is -2.05. The molecule has 0 saturated heterocycles. The van der Waals surface area contributed by atoms with Gasteiger partial charge in [-0.2, -0.15) is 0 Å². The molecule has 6 aromatic carbocycles. The van der Waals surface area contributed by atoms with Crippen molar-refractivity contribution in [2.75, 3.05) is 0 Å². The molecule has 10 rings (SSSR count). The smallest absolute Gasteiger partial charge is 0.136 e. The van der Waals surface area contributed by atoms with Crippen molar-refractivity contribution in [1.29, 1.82) is 0 Å². The van der Waals surface area contributed by atoms with E-state index >= 15 is 0 Å². The third-order valence-electron chi connectivity index (χ3n) is 9.35. The van der Waals surface area contributed by atoms with E-state index in [0.717, 1.165) is 21.9 Å². The number of furan rings is 1. The van der Waals surface area contributed by atoms with Gasteiger partial charge in [-0.1, -0.05) is 60.7 Å². The maximum Gasteiger partial charge on any atom is 0.136 e.